The molecule has 0 fully saturated rings. The monoisotopic (exact) mass is 470 g/mol. The molecule has 2 heterocycles. The molecule has 0 aliphatic carbocycles. The highest BCUT2D eigenvalue weighted by Crippen LogP contribution is 2.26. The third kappa shape index (κ3) is 4.83. The van der Waals surface area contributed by atoms with E-state index >= 15 is 0 Å². The minimum absolute atomic E-state index is 0.000660. The van der Waals surface area contributed by atoms with Crippen molar-refractivity contribution in [3.63, 3.8) is 0 Å². The molecule has 3 aromatic rings. The topological polar surface area (TPSA) is 104 Å². The molecule has 1 aliphatic heterocycles. The lowest BCUT2D eigenvalue weighted by Gasteiger charge is -2.31. The van der Waals surface area contributed by atoms with Crippen molar-refractivity contribution in [2.45, 2.75) is 19.7 Å². The van der Waals surface area contributed by atoms with Crippen molar-refractivity contribution in [2.75, 3.05) is 11.9 Å². The van der Waals surface area contributed by atoms with Gasteiger partial charge in [0.25, 0.3) is 5.91 Å². The predicted octanol–water partition coefficient (Wildman–Crippen LogP) is 2.63. The number of amides is 2. The molecule has 2 aromatic carbocycles. The number of pyridine rings is 1. The lowest BCUT2D eigenvalue weighted by molar-refractivity contribution is -0.242. The molecule has 170 valence electrons. The average Bonchev–Trinajstić information content (AvgIpc) is 2.79. The van der Waals surface area contributed by atoms with Crippen LogP contribution >= 0.6 is 11.6 Å². The zero-order chi connectivity index (χ0) is 23.5. The van der Waals surface area contributed by atoms with Crippen LogP contribution in [0.5, 0.6) is 5.75 Å². The van der Waals surface area contributed by atoms with E-state index < -0.39 is 23.2 Å². The predicted molar refractivity (Wildman–Crippen MR) is 117 cm³/mol. The summed E-state index contributed by atoms with van der Waals surface area (Å²) >= 11 is 5.85. The summed E-state index contributed by atoms with van der Waals surface area (Å²) in [6.45, 7) is 0.690. The number of benzene rings is 2. The Hall–Kier alpha value is -3.85. The minimum atomic E-state index is -1.65. The van der Waals surface area contributed by atoms with Gasteiger partial charge in [0.05, 0.1) is 5.02 Å². The number of carbonyl (C=O) groups excluding carboxylic acids is 2. The van der Waals surface area contributed by atoms with E-state index in [-0.39, 0.29) is 48.4 Å². The quantitative estimate of drug-likeness (QED) is 0.596. The van der Waals surface area contributed by atoms with Crippen LogP contribution in [0.15, 0.2) is 59.5 Å². The number of halogens is 2. The molecule has 1 N–H and O–H groups in total. The van der Waals surface area contributed by atoms with E-state index in [0.29, 0.717) is 5.56 Å². The molecule has 0 atom stereocenters. The lowest BCUT2D eigenvalue weighted by atomic mass is 10.1. The fourth-order valence-electron chi connectivity index (χ4n) is 3.59. The van der Waals surface area contributed by atoms with Gasteiger partial charge in [-0.05, 0) is 23.3 Å². The Bertz CT molecular complexity index is 1280. The highest BCUT2D eigenvalue weighted by atomic mass is 35.5. The molecule has 0 saturated carbocycles. The van der Waals surface area contributed by atoms with E-state index in [2.05, 4.69) is 0 Å². The van der Waals surface area contributed by atoms with Gasteiger partial charge >= 0.3 is 0 Å². The zero-order valence-electron chi connectivity index (χ0n) is 17.2. The summed E-state index contributed by atoms with van der Waals surface area (Å²) in [4.78, 5) is 38.8. The summed E-state index contributed by atoms with van der Waals surface area (Å²) in [5, 5.41) is 12.9. The van der Waals surface area contributed by atoms with Crippen molar-refractivity contribution in [1.82, 2.24) is 9.47 Å². The van der Waals surface area contributed by atoms with Crippen LogP contribution in [0.2, 0.25) is 5.02 Å². The van der Waals surface area contributed by atoms with Crippen LogP contribution < -0.4 is 20.6 Å². The van der Waals surface area contributed by atoms with Gasteiger partial charge in [0.2, 0.25) is 5.43 Å². The molecule has 8 nitrogen and oxygen atoms in total. The third-order valence-electron chi connectivity index (χ3n) is 5.16. The average molecular weight is 471 g/mol. The maximum absolute atomic E-state index is 13.5. The number of anilines is 1. The molecule has 0 spiro atoms. The van der Waals surface area contributed by atoms with Gasteiger partial charge < -0.3 is 29.4 Å². The number of nitrogens with one attached hydrogen (secondary N) is 1. The number of aromatic nitrogens is 1. The number of rotatable bonds is 6. The molecular formula is C23H18ClFN3O5-. The number of carboxylic acid groups (broad SMARTS) is 1. The van der Waals surface area contributed by atoms with Gasteiger partial charge in [-0.2, -0.15) is 0 Å². The Kier molecular flexibility index (Phi) is 6.32. The summed E-state index contributed by atoms with van der Waals surface area (Å²) in [5.41, 5.74) is 0.330. The van der Waals surface area contributed by atoms with Crippen LogP contribution in [0.25, 0.3) is 0 Å². The van der Waals surface area contributed by atoms with E-state index in [1.807, 2.05) is 11.4 Å². The summed E-state index contributed by atoms with van der Waals surface area (Å²) in [6.07, 6.45) is -0.397. The fraction of sp³-hybridized carbons (Fsp3) is 0.174. The van der Waals surface area contributed by atoms with E-state index in [9.17, 15) is 23.9 Å². The SMILES string of the molecule is O=C([O-])Nc1cn2c(c(OCc3ccccc3)c1=O)C(=O)N(Cc1ccc(F)c(Cl)c1)CC2. The lowest BCUT2D eigenvalue weighted by Crippen LogP contribution is -2.42. The number of fused-ring (bicyclic) bond motifs is 1. The molecule has 1 aromatic heterocycles. The van der Waals surface area contributed by atoms with E-state index in [0.717, 1.165) is 5.56 Å². The molecule has 0 radical (unpaired) electrons. The van der Waals surface area contributed by atoms with E-state index in [1.165, 1.54) is 33.9 Å². The number of hydrogen-bond donors (Lipinski definition) is 1. The van der Waals surface area contributed by atoms with E-state index in [4.69, 9.17) is 16.3 Å². The van der Waals surface area contributed by atoms with Crippen LogP contribution in [0.1, 0.15) is 21.6 Å². The first-order valence-corrected chi connectivity index (χ1v) is 10.4. The van der Waals surface area contributed by atoms with Gasteiger partial charge in [0.15, 0.2) is 11.4 Å². The highest BCUT2D eigenvalue weighted by molar-refractivity contribution is 6.30. The molecule has 4 rings (SSSR count). The van der Waals surface area contributed by atoms with Crippen molar-refractivity contribution >= 4 is 29.3 Å². The second-order valence-corrected chi connectivity index (χ2v) is 7.81. The molecule has 2 amide bonds. The van der Waals surface area contributed by atoms with Gasteiger partial charge in [0.1, 0.15) is 24.2 Å². The molecule has 0 unspecified atom stereocenters. The van der Waals surface area contributed by atoms with Gasteiger partial charge in [-0.15, -0.1) is 0 Å². The highest BCUT2D eigenvalue weighted by Gasteiger charge is 2.31. The van der Waals surface area contributed by atoms with Gasteiger partial charge in [-0.25, -0.2) is 4.39 Å². The third-order valence-corrected chi connectivity index (χ3v) is 5.45. The van der Waals surface area contributed by atoms with Crippen molar-refractivity contribution in [3.05, 3.63) is 92.6 Å². The van der Waals surface area contributed by atoms with Crippen LogP contribution in [0, 0.1) is 5.82 Å². The summed E-state index contributed by atoms with van der Waals surface area (Å²) in [5.74, 6) is -1.31. The Labute approximate surface area is 192 Å². The maximum Gasteiger partial charge on any atom is 0.274 e. The molecule has 33 heavy (non-hydrogen) atoms. The molecule has 0 saturated heterocycles. The van der Waals surface area contributed by atoms with Gasteiger partial charge in [-0.1, -0.05) is 48.0 Å². The van der Waals surface area contributed by atoms with Crippen LogP contribution in [0.3, 0.4) is 0 Å². The Balaban J connectivity index is 1.69. The first-order chi connectivity index (χ1) is 15.8. The van der Waals surface area contributed by atoms with Crippen LogP contribution in [-0.4, -0.2) is 28.0 Å². The number of hydrogen-bond acceptors (Lipinski definition) is 5. The Morgan fingerprint density at radius 2 is 1.88 bits per heavy atom. The van der Waals surface area contributed by atoms with Gasteiger partial charge in [0, 0.05) is 25.8 Å². The van der Waals surface area contributed by atoms with Crippen molar-refractivity contribution in [1.29, 1.82) is 0 Å². The van der Waals surface area contributed by atoms with Crippen LogP contribution in [-0.2, 0) is 19.7 Å². The number of carbonyl (C=O) groups is 2. The van der Waals surface area contributed by atoms with Crippen molar-refractivity contribution < 1.29 is 23.8 Å². The number of ether oxygens (including phenoxy) is 1. The maximum atomic E-state index is 13.5. The Morgan fingerprint density at radius 1 is 1.12 bits per heavy atom. The smallest absolute Gasteiger partial charge is 0.274 e. The normalized spacial score (nSPS) is 12.9. The van der Waals surface area contributed by atoms with Crippen molar-refractivity contribution in [2.24, 2.45) is 0 Å². The van der Waals surface area contributed by atoms with Gasteiger partial charge in [-0.3, -0.25) is 9.59 Å². The fourth-order valence-corrected chi connectivity index (χ4v) is 3.79. The first-order valence-electron chi connectivity index (χ1n) is 9.99. The minimum Gasteiger partial charge on any atom is -0.530 e. The van der Waals surface area contributed by atoms with Crippen LogP contribution in [0.4, 0.5) is 14.9 Å². The molecular weight excluding hydrogens is 453 g/mol. The second-order valence-electron chi connectivity index (χ2n) is 7.40. The molecule has 1 aliphatic rings. The first kappa shape index (κ1) is 22.3. The molecule has 0 bridgehead atoms. The van der Waals surface area contributed by atoms with Crippen molar-refractivity contribution in [3.8, 4) is 5.75 Å². The summed E-state index contributed by atoms with van der Waals surface area (Å²) in [6, 6.07) is 13.2. The second kappa shape index (κ2) is 9.33. The molecule has 10 heteroatoms. The van der Waals surface area contributed by atoms with E-state index in [1.54, 1.807) is 24.3 Å². The standard InChI is InChI=1S/C23H19ClFN3O5/c24-16-10-15(6-7-17(16)25)11-28-9-8-27-12-18(26-23(31)32)20(29)21(19(27)22(28)30)33-13-14-4-2-1-3-5-14/h1-7,10,12,26H,8-9,11,13H2,(H,31,32)/p-1. The summed E-state index contributed by atoms with van der Waals surface area (Å²) < 4.78 is 20.7. The Morgan fingerprint density at radius 3 is 2.58 bits per heavy atom. The number of nitrogens with zero attached hydrogens (tertiary/aromatic N) is 2. The largest absolute Gasteiger partial charge is 0.530 e. The zero-order valence-corrected chi connectivity index (χ0v) is 18.0. The summed E-state index contributed by atoms with van der Waals surface area (Å²) in [7, 11) is 0.